The van der Waals surface area contributed by atoms with Gasteiger partial charge in [0.1, 0.15) is 11.0 Å². The molecule has 34 heavy (non-hydrogen) atoms. The topological polar surface area (TPSA) is 71.8 Å². The first-order valence-corrected chi connectivity index (χ1v) is 12.1. The minimum Gasteiger partial charge on any atom is -0.331 e. The van der Waals surface area contributed by atoms with E-state index in [0.717, 1.165) is 24.9 Å². The van der Waals surface area contributed by atoms with Crippen molar-refractivity contribution in [1.29, 1.82) is 0 Å². The van der Waals surface area contributed by atoms with Crippen molar-refractivity contribution in [2.45, 2.75) is 26.2 Å². The van der Waals surface area contributed by atoms with Crippen LogP contribution in [0.4, 0.5) is 5.69 Å². The van der Waals surface area contributed by atoms with E-state index in [0.29, 0.717) is 26.8 Å². The molecule has 174 valence electrons. The number of amides is 1. The number of nitrogens with zero attached hydrogens (tertiary/aromatic N) is 3. The molecule has 0 aliphatic rings. The van der Waals surface area contributed by atoms with Crippen molar-refractivity contribution < 1.29 is 4.79 Å². The van der Waals surface area contributed by atoms with E-state index in [2.05, 4.69) is 39.9 Å². The van der Waals surface area contributed by atoms with Crippen molar-refractivity contribution in [3.05, 3.63) is 80.8 Å². The monoisotopic (exact) mass is 531 g/mol. The summed E-state index contributed by atoms with van der Waals surface area (Å²) in [6, 6.07) is 16.2. The number of hydrogen-bond donors (Lipinski definition) is 2. The van der Waals surface area contributed by atoms with Gasteiger partial charge in [-0.25, -0.2) is 0 Å². The number of hydrogen-bond acceptors (Lipinski definition) is 4. The number of rotatable bonds is 6. The molecule has 0 unspecified atom stereocenters. The Morgan fingerprint density at radius 1 is 0.971 bits per heavy atom. The van der Waals surface area contributed by atoms with Gasteiger partial charge in [-0.05, 0) is 73.1 Å². The molecule has 1 heterocycles. The number of carbonyl (C=O) groups excluding carboxylic acids is 1. The largest absolute Gasteiger partial charge is 0.331 e. The van der Waals surface area contributed by atoms with Gasteiger partial charge in [0.25, 0.3) is 5.91 Å². The maximum atomic E-state index is 12.5. The van der Waals surface area contributed by atoms with E-state index in [4.69, 9.17) is 47.0 Å². The van der Waals surface area contributed by atoms with Gasteiger partial charge in [-0.3, -0.25) is 10.1 Å². The van der Waals surface area contributed by atoms with Crippen LogP contribution in [0.5, 0.6) is 0 Å². The van der Waals surface area contributed by atoms with Crippen LogP contribution in [0, 0.1) is 0 Å². The summed E-state index contributed by atoms with van der Waals surface area (Å²) in [7, 11) is 0. The first kappa shape index (κ1) is 24.4. The molecular formula is C24H20Cl3N5OS. The molecular weight excluding hydrogens is 513 g/mol. The predicted octanol–water partition coefficient (Wildman–Crippen LogP) is 6.85. The number of nitrogens with one attached hydrogen (secondary N) is 2. The summed E-state index contributed by atoms with van der Waals surface area (Å²) in [6.45, 7) is 2.18. The summed E-state index contributed by atoms with van der Waals surface area (Å²) >= 11 is 23.7. The molecule has 4 aromatic rings. The molecule has 4 rings (SSSR count). The smallest absolute Gasteiger partial charge is 0.258 e. The fraction of sp³-hybridized carbons (Fsp3) is 0.167. The number of benzene rings is 3. The Bertz CT molecular complexity index is 1370. The number of carbonyl (C=O) groups is 1. The van der Waals surface area contributed by atoms with Gasteiger partial charge in [-0.2, -0.15) is 4.80 Å². The SMILES string of the molecule is CCCCc1ccc(-n2nc3cc(Cl)c(NC(=S)NC(=O)c4ccc(Cl)cc4Cl)cc3n2)cc1. The van der Waals surface area contributed by atoms with Crippen molar-refractivity contribution >= 4 is 74.8 Å². The lowest BCUT2D eigenvalue weighted by Crippen LogP contribution is -2.34. The number of unbranched alkanes of at least 4 members (excludes halogenated alkanes) is 1. The molecule has 1 amide bonds. The van der Waals surface area contributed by atoms with E-state index in [9.17, 15) is 4.79 Å². The van der Waals surface area contributed by atoms with Gasteiger partial charge in [0.2, 0.25) is 0 Å². The molecule has 0 aliphatic heterocycles. The third-order valence-electron chi connectivity index (χ3n) is 5.11. The normalized spacial score (nSPS) is 10.9. The van der Waals surface area contributed by atoms with Crippen molar-refractivity contribution in [2.24, 2.45) is 0 Å². The molecule has 0 saturated heterocycles. The Labute approximate surface area is 217 Å². The molecule has 1 aromatic heterocycles. The maximum absolute atomic E-state index is 12.5. The number of halogens is 3. The standard InChI is InChI=1S/C24H20Cl3N5OS/c1-2-3-4-14-5-8-16(9-6-14)32-30-21-12-19(27)20(13-22(21)31-32)28-24(34)29-23(33)17-10-7-15(25)11-18(17)26/h5-13H,2-4H2,1H3,(H2,28,29,33,34). The highest BCUT2D eigenvalue weighted by Crippen LogP contribution is 2.27. The highest BCUT2D eigenvalue weighted by atomic mass is 35.5. The van der Waals surface area contributed by atoms with Crippen LogP contribution in [0.25, 0.3) is 16.7 Å². The van der Waals surface area contributed by atoms with Crippen molar-refractivity contribution in [3.8, 4) is 5.69 Å². The average molecular weight is 533 g/mol. The third kappa shape index (κ3) is 5.67. The van der Waals surface area contributed by atoms with E-state index in [-0.39, 0.29) is 15.7 Å². The lowest BCUT2D eigenvalue weighted by atomic mass is 10.1. The molecule has 0 atom stereocenters. The second-order valence-electron chi connectivity index (χ2n) is 7.61. The molecule has 0 saturated carbocycles. The first-order valence-electron chi connectivity index (χ1n) is 10.6. The first-order chi connectivity index (χ1) is 16.3. The summed E-state index contributed by atoms with van der Waals surface area (Å²) in [5, 5.41) is 15.7. The van der Waals surface area contributed by atoms with Crippen LogP contribution in [0.3, 0.4) is 0 Å². The lowest BCUT2D eigenvalue weighted by Gasteiger charge is -2.11. The van der Waals surface area contributed by atoms with Gasteiger partial charge >= 0.3 is 0 Å². The third-order valence-corrected chi connectivity index (χ3v) is 6.17. The van der Waals surface area contributed by atoms with Crippen LogP contribution in [0.1, 0.15) is 35.7 Å². The number of anilines is 1. The predicted molar refractivity (Wildman–Crippen MR) is 143 cm³/mol. The molecule has 6 nitrogen and oxygen atoms in total. The molecule has 0 radical (unpaired) electrons. The van der Waals surface area contributed by atoms with Gasteiger partial charge in [0.15, 0.2) is 5.11 Å². The Hall–Kier alpha value is -2.71. The van der Waals surface area contributed by atoms with Gasteiger partial charge in [-0.15, -0.1) is 10.2 Å². The van der Waals surface area contributed by atoms with E-state index < -0.39 is 5.91 Å². The number of aryl methyl sites for hydroxylation is 1. The number of aromatic nitrogens is 3. The summed E-state index contributed by atoms with van der Waals surface area (Å²) in [5.74, 6) is -0.468. The van der Waals surface area contributed by atoms with Gasteiger partial charge in [0.05, 0.1) is 27.0 Å². The van der Waals surface area contributed by atoms with Crippen LogP contribution in [0.2, 0.25) is 15.1 Å². The maximum Gasteiger partial charge on any atom is 0.258 e. The van der Waals surface area contributed by atoms with Crippen molar-refractivity contribution in [1.82, 2.24) is 20.3 Å². The number of fused-ring (bicyclic) bond motifs is 1. The van der Waals surface area contributed by atoms with Crippen LogP contribution in [0.15, 0.2) is 54.6 Å². The fourth-order valence-electron chi connectivity index (χ4n) is 3.32. The second-order valence-corrected chi connectivity index (χ2v) is 9.27. The molecule has 0 fully saturated rings. The minimum absolute atomic E-state index is 0.0623. The molecule has 0 spiro atoms. The summed E-state index contributed by atoms with van der Waals surface area (Å²) < 4.78 is 0. The van der Waals surface area contributed by atoms with Crippen LogP contribution in [-0.2, 0) is 6.42 Å². The molecule has 0 aliphatic carbocycles. The van der Waals surface area contributed by atoms with E-state index >= 15 is 0 Å². The van der Waals surface area contributed by atoms with E-state index in [1.165, 1.54) is 17.7 Å². The van der Waals surface area contributed by atoms with Gasteiger partial charge < -0.3 is 5.32 Å². The molecule has 10 heteroatoms. The van der Waals surface area contributed by atoms with Crippen LogP contribution in [-0.4, -0.2) is 26.0 Å². The van der Waals surface area contributed by atoms with Crippen LogP contribution >= 0.6 is 47.0 Å². The highest BCUT2D eigenvalue weighted by molar-refractivity contribution is 7.80. The van der Waals surface area contributed by atoms with Gasteiger partial charge in [0, 0.05) is 5.02 Å². The fourth-order valence-corrected chi connectivity index (χ4v) is 4.23. The quantitative estimate of drug-likeness (QED) is 0.266. The summed E-state index contributed by atoms with van der Waals surface area (Å²) in [5.41, 5.74) is 4.13. The summed E-state index contributed by atoms with van der Waals surface area (Å²) in [4.78, 5) is 14.1. The Morgan fingerprint density at radius 2 is 1.68 bits per heavy atom. The van der Waals surface area contributed by atoms with Crippen molar-refractivity contribution in [3.63, 3.8) is 0 Å². The van der Waals surface area contributed by atoms with Crippen molar-refractivity contribution in [2.75, 3.05) is 5.32 Å². The Balaban J connectivity index is 1.49. The molecule has 2 N–H and O–H groups in total. The lowest BCUT2D eigenvalue weighted by molar-refractivity contribution is 0.0978. The highest BCUT2D eigenvalue weighted by Gasteiger charge is 2.15. The second kappa shape index (κ2) is 10.7. The zero-order chi connectivity index (χ0) is 24.2. The minimum atomic E-state index is -0.468. The Kier molecular flexibility index (Phi) is 7.68. The van der Waals surface area contributed by atoms with E-state index in [1.807, 2.05) is 12.1 Å². The zero-order valence-corrected chi connectivity index (χ0v) is 21.2. The zero-order valence-electron chi connectivity index (χ0n) is 18.1. The van der Waals surface area contributed by atoms with E-state index in [1.54, 1.807) is 23.0 Å². The van der Waals surface area contributed by atoms with Gasteiger partial charge in [-0.1, -0.05) is 60.3 Å². The average Bonchev–Trinajstić information content (AvgIpc) is 3.20. The van der Waals surface area contributed by atoms with Crippen LogP contribution < -0.4 is 10.6 Å². The molecule has 0 bridgehead atoms. The number of thiocarbonyl (C=S) groups is 1. The molecule has 3 aromatic carbocycles. The Morgan fingerprint density at radius 3 is 2.35 bits per heavy atom. The summed E-state index contributed by atoms with van der Waals surface area (Å²) in [6.07, 6.45) is 3.37.